The number of aromatic nitrogens is 3. The number of nitrogens with zero attached hydrogens (tertiary/aromatic N) is 3. The summed E-state index contributed by atoms with van der Waals surface area (Å²) in [7, 11) is 0. The Morgan fingerprint density at radius 2 is 2.27 bits per heavy atom. The first-order chi connectivity index (χ1) is 10.5. The van der Waals surface area contributed by atoms with Crippen LogP contribution >= 0.6 is 0 Å². The van der Waals surface area contributed by atoms with Gasteiger partial charge in [-0.05, 0) is 6.07 Å². The molecule has 1 aliphatic heterocycles. The van der Waals surface area contributed by atoms with Crippen LogP contribution in [-0.2, 0) is 4.74 Å². The molecule has 2 aromatic heterocycles. The molecule has 1 fully saturated rings. The lowest BCUT2D eigenvalue weighted by atomic mass is 9.84. The third kappa shape index (κ3) is 2.05. The molecule has 3 rings (SSSR count). The molecular weight excluding hydrogens is 295 g/mol. The summed E-state index contributed by atoms with van der Waals surface area (Å²) in [5.41, 5.74) is 4.06. The van der Waals surface area contributed by atoms with Crippen molar-refractivity contribution in [1.82, 2.24) is 14.5 Å². The molecular formula is C13H17FN4O4. The van der Waals surface area contributed by atoms with Gasteiger partial charge in [-0.2, -0.15) is 0 Å². The second-order valence-corrected chi connectivity index (χ2v) is 5.36. The van der Waals surface area contributed by atoms with Crippen molar-refractivity contribution in [2.75, 3.05) is 25.6 Å². The Kier molecular flexibility index (Phi) is 3.73. The number of fused-ring (bicyclic) bond motifs is 1. The first-order valence-electron chi connectivity index (χ1n) is 6.78. The molecule has 120 valence electrons. The number of anilines is 1. The third-order valence-electron chi connectivity index (χ3n) is 4.18. The molecule has 0 radical (unpaired) electrons. The lowest BCUT2D eigenvalue weighted by molar-refractivity contribution is -0.226. The molecule has 1 aliphatic rings. The monoisotopic (exact) mass is 312 g/mol. The highest BCUT2D eigenvalue weighted by Crippen LogP contribution is 2.36. The SMILES string of the molecule is Nc1ncnc2c1ccn2C1CO[C@H](CO)[C@@H](O)[C@]1(O)CF. The van der Waals surface area contributed by atoms with Gasteiger partial charge in [-0.15, -0.1) is 0 Å². The van der Waals surface area contributed by atoms with Gasteiger partial charge in [0.15, 0.2) is 0 Å². The van der Waals surface area contributed by atoms with E-state index in [-0.39, 0.29) is 12.4 Å². The number of nitrogen functional groups attached to an aromatic ring is 1. The van der Waals surface area contributed by atoms with Crippen LogP contribution in [0.1, 0.15) is 6.04 Å². The summed E-state index contributed by atoms with van der Waals surface area (Å²) in [4.78, 5) is 7.96. The molecule has 3 heterocycles. The van der Waals surface area contributed by atoms with Gasteiger partial charge in [0.2, 0.25) is 0 Å². The van der Waals surface area contributed by atoms with Gasteiger partial charge in [-0.3, -0.25) is 0 Å². The molecule has 9 heteroatoms. The summed E-state index contributed by atoms with van der Waals surface area (Å²) in [6, 6.07) is 0.732. The quantitative estimate of drug-likeness (QED) is 0.573. The maximum atomic E-state index is 13.5. The Morgan fingerprint density at radius 3 is 2.95 bits per heavy atom. The maximum Gasteiger partial charge on any atom is 0.145 e. The summed E-state index contributed by atoms with van der Waals surface area (Å²) in [5, 5.41) is 30.4. The van der Waals surface area contributed by atoms with E-state index in [2.05, 4.69) is 9.97 Å². The summed E-state index contributed by atoms with van der Waals surface area (Å²) >= 11 is 0. The second kappa shape index (κ2) is 5.43. The molecule has 8 nitrogen and oxygen atoms in total. The van der Waals surface area contributed by atoms with Crippen LogP contribution in [0.25, 0.3) is 11.0 Å². The highest BCUT2D eigenvalue weighted by Gasteiger charge is 2.52. The number of aliphatic hydroxyl groups is 3. The fraction of sp³-hybridized carbons (Fsp3) is 0.538. The predicted molar refractivity (Wildman–Crippen MR) is 74.7 cm³/mol. The summed E-state index contributed by atoms with van der Waals surface area (Å²) in [6.45, 7) is -1.80. The topological polar surface area (TPSA) is 127 Å². The zero-order chi connectivity index (χ0) is 15.9. The lowest BCUT2D eigenvalue weighted by Gasteiger charge is -2.45. The Labute approximate surface area is 125 Å². The minimum absolute atomic E-state index is 0.0869. The molecule has 0 aliphatic carbocycles. The van der Waals surface area contributed by atoms with Crippen LogP contribution in [0.15, 0.2) is 18.6 Å². The van der Waals surface area contributed by atoms with Crippen LogP contribution < -0.4 is 5.73 Å². The zero-order valence-electron chi connectivity index (χ0n) is 11.6. The van der Waals surface area contributed by atoms with E-state index in [0.29, 0.717) is 11.0 Å². The van der Waals surface area contributed by atoms with Gasteiger partial charge in [0.1, 0.15) is 42.3 Å². The molecule has 0 amide bonds. The van der Waals surface area contributed by atoms with Crippen molar-refractivity contribution >= 4 is 16.9 Å². The second-order valence-electron chi connectivity index (χ2n) is 5.36. The Morgan fingerprint density at radius 1 is 1.50 bits per heavy atom. The molecule has 0 saturated carbocycles. The van der Waals surface area contributed by atoms with Crippen molar-refractivity contribution < 1.29 is 24.4 Å². The molecule has 5 N–H and O–H groups in total. The number of nitrogens with two attached hydrogens (primary N) is 1. The maximum absolute atomic E-state index is 13.5. The number of hydrogen-bond donors (Lipinski definition) is 4. The molecule has 0 aromatic carbocycles. The average molecular weight is 312 g/mol. The molecule has 2 aromatic rings. The van der Waals surface area contributed by atoms with Crippen LogP contribution in [0.4, 0.5) is 10.2 Å². The highest BCUT2D eigenvalue weighted by molar-refractivity contribution is 5.86. The number of rotatable bonds is 3. The van der Waals surface area contributed by atoms with Gasteiger partial charge in [0.05, 0.1) is 24.6 Å². The van der Waals surface area contributed by atoms with Crippen LogP contribution in [0.2, 0.25) is 0 Å². The van der Waals surface area contributed by atoms with Gasteiger partial charge < -0.3 is 30.4 Å². The number of ether oxygens (including phenoxy) is 1. The van der Waals surface area contributed by atoms with Gasteiger partial charge in [0.25, 0.3) is 0 Å². The highest BCUT2D eigenvalue weighted by atomic mass is 19.1. The molecule has 4 atom stereocenters. The van der Waals surface area contributed by atoms with E-state index < -0.39 is 37.1 Å². The number of alkyl halides is 1. The van der Waals surface area contributed by atoms with Crippen molar-refractivity contribution in [3.63, 3.8) is 0 Å². The first-order valence-corrected chi connectivity index (χ1v) is 6.78. The van der Waals surface area contributed by atoms with E-state index in [4.69, 9.17) is 15.6 Å². The fourth-order valence-corrected chi connectivity index (χ4v) is 2.85. The van der Waals surface area contributed by atoms with Crippen LogP contribution in [-0.4, -0.2) is 67.6 Å². The predicted octanol–water partition coefficient (Wildman–Crippen LogP) is -0.993. The van der Waals surface area contributed by atoms with Gasteiger partial charge in [0, 0.05) is 6.20 Å². The van der Waals surface area contributed by atoms with E-state index in [1.165, 1.54) is 10.9 Å². The first kappa shape index (κ1) is 15.1. The Bertz CT molecular complexity index is 681. The third-order valence-corrected chi connectivity index (χ3v) is 4.18. The largest absolute Gasteiger partial charge is 0.394 e. The average Bonchev–Trinajstić information content (AvgIpc) is 2.95. The van der Waals surface area contributed by atoms with Gasteiger partial charge in [-0.1, -0.05) is 0 Å². The zero-order valence-corrected chi connectivity index (χ0v) is 11.6. The van der Waals surface area contributed by atoms with Crippen molar-refractivity contribution in [1.29, 1.82) is 0 Å². The Hall–Kier alpha value is -1.81. The number of aliphatic hydroxyl groups excluding tert-OH is 2. The van der Waals surface area contributed by atoms with E-state index in [1.807, 2.05) is 0 Å². The standard InChI is InChI=1S/C13H17FN4O4/c14-5-13(21)9(4-22-8(3-19)10(13)20)18-2-1-7-11(15)16-6-17-12(7)18/h1-2,6,8-10,19-21H,3-5H2,(H2,15,16,17)/t8-,9?,10-,13+/m1/s1. The van der Waals surface area contributed by atoms with Crippen LogP contribution in [0.3, 0.4) is 0 Å². The van der Waals surface area contributed by atoms with E-state index in [0.717, 1.165) is 0 Å². The van der Waals surface area contributed by atoms with E-state index in [9.17, 15) is 14.6 Å². The normalized spacial score (nSPS) is 32.5. The lowest BCUT2D eigenvalue weighted by Crippen LogP contribution is -2.62. The minimum atomic E-state index is -2.10. The van der Waals surface area contributed by atoms with E-state index >= 15 is 0 Å². The van der Waals surface area contributed by atoms with Gasteiger partial charge in [-0.25, -0.2) is 14.4 Å². The summed E-state index contributed by atoms with van der Waals surface area (Å²) in [5.74, 6) is 0.262. The van der Waals surface area contributed by atoms with E-state index in [1.54, 1.807) is 12.3 Å². The van der Waals surface area contributed by atoms with Crippen molar-refractivity contribution in [3.8, 4) is 0 Å². The number of halogens is 1. The summed E-state index contributed by atoms with van der Waals surface area (Å²) in [6.07, 6.45) is 0.228. The summed E-state index contributed by atoms with van der Waals surface area (Å²) < 4.78 is 20.4. The molecule has 1 saturated heterocycles. The minimum Gasteiger partial charge on any atom is -0.394 e. The van der Waals surface area contributed by atoms with Crippen molar-refractivity contribution in [2.45, 2.75) is 23.9 Å². The Balaban J connectivity index is 2.07. The van der Waals surface area contributed by atoms with Gasteiger partial charge >= 0.3 is 0 Å². The van der Waals surface area contributed by atoms with Crippen molar-refractivity contribution in [3.05, 3.63) is 18.6 Å². The number of hydrogen-bond acceptors (Lipinski definition) is 7. The smallest absolute Gasteiger partial charge is 0.145 e. The van der Waals surface area contributed by atoms with Crippen molar-refractivity contribution in [2.24, 2.45) is 0 Å². The van der Waals surface area contributed by atoms with Crippen LogP contribution in [0.5, 0.6) is 0 Å². The molecule has 0 bridgehead atoms. The molecule has 1 unspecified atom stereocenters. The molecule has 0 spiro atoms. The molecule has 22 heavy (non-hydrogen) atoms. The van der Waals surface area contributed by atoms with Crippen LogP contribution in [0, 0.1) is 0 Å². The fourth-order valence-electron chi connectivity index (χ4n) is 2.85.